The summed E-state index contributed by atoms with van der Waals surface area (Å²) in [6, 6.07) is 0. The van der Waals surface area contributed by atoms with Gasteiger partial charge in [-0.3, -0.25) is 4.79 Å². The van der Waals surface area contributed by atoms with Gasteiger partial charge in [-0.2, -0.15) is 0 Å². The molecule has 7 heteroatoms. The summed E-state index contributed by atoms with van der Waals surface area (Å²) >= 11 is 0. The molecule has 54 heavy (non-hydrogen) atoms. The van der Waals surface area contributed by atoms with Gasteiger partial charge in [-0.05, 0) is 60.5 Å². The fourth-order valence-corrected chi connectivity index (χ4v) is 5.37. The third-order valence-corrected chi connectivity index (χ3v) is 8.85. The molecular formula is C47H92N2O5. The molecule has 0 heterocycles. The Morgan fingerprint density at radius 2 is 0.870 bits per heavy atom. The van der Waals surface area contributed by atoms with Crippen LogP contribution in [0, 0.1) is 0 Å². The molecule has 320 valence electrons. The van der Waals surface area contributed by atoms with Gasteiger partial charge in [0, 0.05) is 23.3 Å². The molecule has 0 atom stereocenters. The molecule has 0 aromatic rings. The average Bonchev–Trinajstić information content (AvgIpc) is 3.14. The molecular weight excluding hydrogens is 673 g/mol. The molecule has 7 nitrogen and oxygen atoms in total. The van der Waals surface area contributed by atoms with E-state index in [9.17, 15) is 14.4 Å². The number of unbranched alkanes of at least 4 members (excludes halogenated alkanes) is 25. The highest BCUT2D eigenvalue weighted by atomic mass is 16.5. The van der Waals surface area contributed by atoms with Crippen LogP contribution in [0.25, 0.3) is 0 Å². The van der Waals surface area contributed by atoms with Gasteiger partial charge in [-0.1, -0.05) is 194 Å². The van der Waals surface area contributed by atoms with Crippen molar-refractivity contribution in [1.82, 2.24) is 10.6 Å². The number of carbonyl (C=O) groups is 3. The van der Waals surface area contributed by atoms with Crippen LogP contribution < -0.4 is 10.6 Å². The van der Waals surface area contributed by atoms with E-state index in [0.717, 1.165) is 32.2 Å². The number of allylic oxidation sites excluding steroid dienone is 1. The monoisotopic (exact) mass is 765 g/mol. The first-order valence-electron chi connectivity index (χ1n) is 22.2. The van der Waals surface area contributed by atoms with Crippen molar-refractivity contribution in [2.75, 3.05) is 27.2 Å². The summed E-state index contributed by atoms with van der Waals surface area (Å²) in [6.45, 7) is 19.9. The van der Waals surface area contributed by atoms with Crippen LogP contribution in [0.1, 0.15) is 221 Å². The van der Waals surface area contributed by atoms with Crippen LogP contribution in [0.2, 0.25) is 0 Å². The van der Waals surface area contributed by atoms with E-state index < -0.39 is 5.97 Å². The molecule has 0 aromatic heterocycles. The number of carbonyl (C=O) groups excluding carboxylic acids is 2. The van der Waals surface area contributed by atoms with Gasteiger partial charge < -0.3 is 20.5 Å². The predicted molar refractivity (Wildman–Crippen MR) is 236 cm³/mol. The van der Waals surface area contributed by atoms with E-state index in [-0.39, 0.29) is 11.9 Å². The molecule has 0 aromatic carbocycles. The first-order valence-corrected chi connectivity index (χ1v) is 22.2. The van der Waals surface area contributed by atoms with Gasteiger partial charge >= 0.3 is 11.9 Å². The van der Waals surface area contributed by atoms with Crippen molar-refractivity contribution in [3.63, 3.8) is 0 Å². The number of aliphatic carboxylic acids is 1. The summed E-state index contributed by atoms with van der Waals surface area (Å²) in [5, 5.41) is 14.2. The summed E-state index contributed by atoms with van der Waals surface area (Å²) in [5.41, 5.74) is 1.54. The zero-order chi connectivity index (χ0) is 41.5. The second-order valence-corrected chi connectivity index (χ2v) is 14.9. The Hall–Kier alpha value is -2.41. The summed E-state index contributed by atoms with van der Waals surface area (Å²) in [5.74, 6) is -1.09. The smallest absolute Gasteiger partial charge is 0.333 e. The lowest BCUT2D eigenvalue weighted by atomic mass is 10.0. The Morgan fingerprint density at radius 3 is 1.17 bits per heavy atom. The summed E-state index contributed by atoms with van der Waals surface area (Å²) < 4.78 is 5.04. The highest BCUT2D eigenvalue weighted by Gasteiger charge is 2.02. The van der Waals surface area contributed by atoms with E-state index in [1.165, 1.54) is 154 Å². The topological polar surface area (TPSA) is 105 Å². The summed E-state index contributed by atoms with van der Waals surface area (Å²) in [4.78, 5) is 32.4. The molecule has 0 bridgehead atoms. The molecule has 0 aliphatic rings. The zero-order valence-corrected chi connectivity index (χ0v) is 37.3. The number of ether oxygens (including phenoxy) is 1. The van der Waals surface area contributed by atoms with E-state index in [1.54, 1.807) is 20.8 Å². The zero-order valence-electron chi connectivity index (χ0n) is 37.3. The molecule has 0 unspecified atom stereocenters. The molecule has 3 N–H and O–H groups in total. The number of esters is 1. The van der Waals surface area contributed by atoms with Gasteiger partial charge in [0.2, 0.25) is 5.91 Å². The lowest BCUT2D eigenvalue weighted by Gasteiger charge is -2.04. The first kappa shape index (κ1) is 58.3. The van der Waals surface area contributed by atoms with E-state index in [4.69, 9.17) is 9.84 Å². The maximum Gasteiger partial charge on any atom is 0.333 e. The Labute approximate surface area is 336 Å². The lowest BCUT2D eigenvalue weighted by molar-refractivity contribution is -0.139. The Balaban J connectivity index is -0.000000364. The summed E-state index contributed by atoms with van der Waals surface area (Å²) in [7, 11) is 3.75. The van der Waals surface area contributed by atoms with E-state index in [2.05, 4.69) is 37.6 Å². The van der Waals surface area contributed by atoms with Crippen LogP contribution >= 0.6 is 0 Å². The number of hydrogen-bond donors (Lipinski definition) is 3. The molecule has 0 aliphatic heterocycles. The fraction of sp³-hybridized carbons (Fsp3) is 0.809. The van der Waals surface area contributed by atoms with Crippen LogP contribution in [-0.2, 0) is 19.1 Å². The Bertz CT molecular complexity index is 883. The van der Waals surface area contributed by atoms with Crippen molar-refractivity contribution in [3.8, 4) is 0 Å². The van der Waals surface area contributed by atoms with Gasteiger partial charge in [0.1, 0.15) is 0 Å². The van der Waals surface area contributed by atoms with Crippen LogP contribution in [0.3, 0.4) is 0 Å². The number of nitrogens with one attached hydrogen (secondary N) is 2. The van der Waals surface area contributed by atoms with Gasteiger partial charge in [-0.15, -0.1) is 0 Å². The van der Waals surface area contributed by atoms with Crippen LogP contribution in [0.4, 0.5) is 0 Å². The van der Waals surface area contributed by atoms with Crippen molar-refractivity contribution in [2.45, 2.75) is 221 Å². The van der Waals surface area contributed by atoms with Crippen molar-refractivity contribution in [2.24, 2.45) is 0 Å². The first-order chi connectivity index (χ1) is 26.0. The van der Waals surface area contributed by atoms with Gasteiger partial charge in [0.15, 0.2) is 0 Å². The van der Waals surface area contributed by atoms with E-state index in [0.29, 0.717) is 23.3 Å². The SMILES string of the molecule is C=C(C)C(=O)NCCC.C=C(C)C(=O)OCCCCCCCCCCCC.CCCCCCCCCCCCCCCCCCC=C(C)C(=O)O.CNC. The third-order valence-electron chi connectivity index (χ3n) is 8.85. The molecule has 0 fully saturated rings. The standard InChI is InChI=1S/C22H42O2.C16H30O2.C7H13NO.C2H7N/c1-3-4-5-6-7-8-9-10-11-12-13-14-15-16-17-18-19-20-21(2)22(23)24;1-4-5-6-7-8-9-10-11-12-13-14-18-16(17)15(2)3;1-4-5-8-7(9)6(2)3;1-3-2/h20H,3-19H2,1-2H3,(H,23,24);2,4-14H2,1,3H3;2,4-5H2,1,3H3,(H,8,9);3H,1-2H3. The Morgan fingerprint density at radius 1 is 0.537 bits per heavy atom. The fourth-order valence-electron chi connectivity index (χ4n) is 5.37. The maximum absolute atomic E-state index is 11.1. The maximum atomic E-state index is 11.1. The normalized spacial score (nSPS) is 10.5. The Kier molecular flexibility index (Phi) is 54.6. The number of carboxylic acids is 1. The van der Waals surface area contributed by atoms with Crippen LogP contribution in [-0.4, -0.2) is 50.2 Å². The molecule has 0 saturated carbocycles. The molecule has 0 rings (SSSR count). The molecule has 0 radical (unpaired) electrons. The average molecular weight is 765 g/mol. The quantitative estimate of drug-likeness (QED) is 0.0349. The number of rotatable bonds is 33. The van der Waals surface area contributed by atoms with E-state index in [1.807, 2.05) is 27.1 Å². The van der Waals surface area contributed by atoms with Gasteiger partial charge in [0.05, 0.1) is 6.61 Å². The highest BCUT2D eigenvalue weighted by molar-refractivity contribution is 5.92. The second-order valence-electron chi connectivity index (χ2n) is 14.9. The predicted octanol–water partition coefficient (Wildman–Crippen LogP) is 13.6. The van der Waals surface area contributed by atoms with Crippen molar-refractivity contribution in [3.05, 3.63) is 36.0 Å². The van der Waals surface area contributed by atoms with Crippen LogP contribution in [0.5, 0.6) is 0 Å². The second kappa shape index (κ2) is 50.6. The van der Waals surface area contributed by atoms with Gasteiger partial charge in [-0.25, -0.2) is 9.59 Å². The highest BCUT2D eigenvalue weighted by Crippen LogP contribution is 2.14. The van der Waals surface area contributed by atoms with Crippen molar-refractivity contribution in [1.29, 1.82) is 0 Å². The number of hydrogen-bond acceptors (Lipinski definition) is 5. The molecule has 0 aliphatic carbocycles. The van der Waals surface area contributed by atoms with Crippen molar-refractivity contribution < 1.29 is 24.2 Å². The van der Waals surface area contributed by atoms with E-state index >= 15 is 0 Å². The molecule has 1 amide bonds. The number of amides is 1. The van der Waals surface area contributed by atoms with Crippen LogP contribution in [0.15, 0.2) is 36.0 Å². The number of carboxylic acid groups (broad SMARTS) is 1. The van der Waals surface area contributed by atoms with Gasteiger partial charge in [0.25, 0.3) is 0 Å². The largest absolute Gasteiger partial charge is 0.478 e. The lowest BCUT2D eigenvalue weighted by Crippen LogP contribution is -2.24. The summed E-state index contributed by atoms with van der Waals surface area (Å²) in [6.07, 6.45) is 38.7. The molecule has 0 saturated heterocycles. The molecule has 0 spiro atoms. The minimum absolute atomic E-state index is 0.0446. The minimum Gasteiger partial charge on any atom is -0.478 e. The minimum atomic E-state index is -0.786. The van der Waals surface area contributed by atoms with Crippen molar-refractivity contribution >= 4 is 17.8 Å². The third kappa shape index (κ3) is 56.3.